The van der Waals surface area contributed by atoms with Gasteiger partial charge in [0.2, 0.25) is 0 Å². The standard InChI is InChI=1S/C17H25FN3O8P/c1-8(2)6-26-16(23)10(4)20-30(25)27-7-11-13(29-30)12(18)15(28-11)21-5-9(3)14(22)19-17(21)24/h5,8,10-13,15H,6-7H2,1-4H3,(H,20,25)(H,19,22,24)/t10-,11-,12+,13-,15-,30?/m0/s1. The maximum atomic E-state index is 15.1. The molecule has 1 aromatic heterocycles. The Morgan fingerprint density at radius 2 is 2.13 bits per heavy atom. The summed E-state index contributed by atoms with van der Waals surface area (Å²) in [6, 6.07) is -1.02. The zero-order chi connectivity index (χ0) is 22.2. The Hall–Kier alpha value is -1.85. The van der Waals surface area contributed by atoms with Gasteiger partial charge in [0.25, 0.3) is 5.56 Å². The quantitative estimate of drug-likeness (QED) is 0.477. The number of rotatable bonds is 6. The van der Waals surface area contributed by atoms with E-state index in [1.54, 1.807) is 0 Å². The normalized spacial score (nSPS) is 32.1. The molecule has 30 heavy (non-hydrogen) atoms. The fourth-order valence-electron chi connectivity index (χ4n) is 3.05. The zero-order valence-electron chi connectivity index (χ0n) is 17.0. The molecule has 0 spiro atoms. The van der Waals surface area contributed by atoms with Gasteiger partial charge in [-0.1, -0.05) is 13.8 Å². The second-order valence-electron chi connectivity index (χ2n) is 7.73. The summed E-state index contributed by atoms with van der Waals surface area (Å²) in [5, 5.41) is 2.43. The summed E-state index contributed by atoms with van der Waals surface area (Å²) >= 11 is 0. The van der Waals surface area contributed by atoms with E-state index in [4.69, 9.17) is 18.5 Å². The van der Waals surface area contributed by atoms with Gasteiger partial charge in [-0.2, -0.15) is 0 Å². The lowest BCUT2D eigenvalue weighted by Crippen LogP contribution is -2.43. The van der Waals surface area contributed by atoms with Crippen molar-refractivity contribution < 1.29 is 32.3 Å². The topological polar surface area (TPSA) is 138 Å². The number of aryl methyl sites for hydroxylation is 1. The molecule has 3 rings (SSSR count). The van der Waals surface area contributed by atoms with Crippen molar-refractivity contribution in [2.45, 2.75) is 58.3 Å². The Labute approximate surface area is 171 Å². The van der Waals surface area contributed by atoms with Crippen LogP contribution in [0, 0.1) is 12.8 Å². The molecular formula is C17H25FN3O8P. The highest BCUT2D eigenvalue weighted by molar-refractivity contribution is 7.51. The highest BCUT2D eigenvalue weighted by Gasteiger charge is 2.54. The van der Waals surface area contributed by atoms with Gasteiger partial charge in [-0.3, -0.25) is 28.2 Å². The van der Waals surface area contributed by atoms with Crippen molar-refractivity contribution in [2.24, 2.45) is 5.92 Å². The molecule has 1 unspecified atom stereocenters. The summed E-state index contributed by atoms with van der Waals surface area (Å²) in [6.45, 7) is 6.53. The third-order valence-corrected chi connectivity index (χ3v) is 6.33. The first kappa shape index (κ1) is 22.8. The summed E-state index contributed by atoms with van der Waals surface area (Å²) in [5.41, 5.74) is -1.24. The molecule has 6 atom stereocenters. The first-order valence-electron chi connectivity index (χ1n) is 9.50. The lowest BCUT2D eigenvalue weighted by Gasteiger charge is -2.32. The second kappa shape index (κ2) is 8.72. The van der Waals surface area contributed by atoms with Crippen molar-refractivity contribution in [1.82, 2.24) is 14.6 Å². The fourth-order valence-corrected chi connectivity index (χ4v) is 4.74. The highest BCUT2D eigenvalue weighted by atomic mass is 31.2. The summed E-state index contributed by atoms with van der Waals surface area (Å²) < 4.78 is 50.0. The van der Waals surface area contributed by atoms with Crippen LogP contribution in [0.3, 0.4) is 0 Å². The number of hydrogen-bond donors (Lipinski definition) is 2. The Morgan fingerprint density at radius 1 is 1.43 bits per heavy atom. The highest BCUT2D eigenvalue weighted by Crippen LogP contribution is 2.53. The number of esters is 1. The number of fused-ring (bicyclic) bond motifs is 1. The molecule has 2 aliphatic heterocycles. The number of H-pyrrole nitrogens is 1. The van der Waals surface area contributed by atoms with Gasteiger partial charge in [-0.05, 0) is 19.8 Å². The molecule has 2 N–H and O–H groups in total. The van der Waals surface area contributed by atoms with Gasteiger partial charge in [0.1, 0.15) is 18.2 Å². The predicted molar refractivity (Wildman–Crippen MR) is 102 cm³/mol. The van der Waals surface area contributed by atoms with Gasteiger partial charge in [0.05, 0.1) is 13.2 Å². The van der Waals surface area contributed by atoms with E-state index in [2.05, 4.69) is 10.1 Å². The summed E-state index contributed by atoms with van der Waals surface area (Å²) in [6.07, 6.45) is -4.33. The van der Waals surface area contributed by atoms with Gasteiger partial charge < -0.3 is 9.47 Å². The average molecular weight is 449 g/mol. The zero-order valence-corrected chi connectivity index (χ0v) is 17.9. The molecule has 2 fully saturated rings. The summed E-state index contributed by atoms with van der Waals surface area (Å²) in [5.74, 6) is -0.527. The molecule has 11 nitrogen and oxygen atoms in total. The van der Waals surface area contributed by atoms with Crippen LogP contribution >= 0.6 is 7.75 Å². The molecule has 1 aromatic rings. The number of carbonyl (C=O) groups is 1. The van der Waals surface area contributed by atoms with E-state index in [1.807, 2.05) is 13.8 Å². The van der Waals surface area contributed by atoms with Gasteiger partial charge in [-0.15, -0.1) is 0 Å². The van der Waals surface area contributed by atoms with E-state index < -0.39 is 55.6 Å². The summed E-state index contributed by atoms with van der Waals surface area (Å²) in [4.78, 5) is 37.7. The van der Waals surface area contributed by atoms with E-state index >= 15 is 4.39 Å². The van der Waals surface area contributed by atoms with Crippen molar-refractivity contribution in [3.05, 3.63) is 32.6 Å². The van der Waals surface area contributed by atoms with Crippen LogP contribution in [0.2, 0.25) is 0 Å². The number of hydrogen-bond acceptors (Lipinski definition) is 8. The lowest BCUT2D eigenvalue weighted by atomic mass is 10.1. The van der Waals surface area contributed by atoms with Crippen LogP contribution in [-0.4, -0.2) is 53.2 Å². The Balaban J connectivity index is 1.71. The molecule has 13 heteroatoms. The number of nitrogens with zero attached hydrogens (tertiary/aromatic N) is 1. The maximum absolute atomic E-state index is 15.1. The molecule has 3 heterocycles. The van der Waals surface area contributed by atoms with Gasteiger partial charge in [-0.25, -0.2) is 18.8 Å². The first-order valence-corrected chi connectivity index (χ1v) is 11.0. The summed E-state index contributed by atoms with van der Waals surface area (Å²) in [7, 11) is -4.04. The fraction of sp³-hybridized carbons (Fsp3) is 0.706. The minimum absolute atomic E-state index is 0.125. The van der Waals surface area contributed by atoms with Crippen LogP contribution in [0.5, 0.6) is 0 Å². The Bertz CT molecular complexity index is 963. The largest absolute Gasteiger partial charge is 0.464 e. The monoisotopic (exact) mass is 449 g/mol. The number of alkyl halides is 1. The molecule has 0 radical (unpaired) electrons. The van der Waals surface area contributed by atoms with Crippen molar-refractivity contribution in [1.29, 1.82) is 0 Å². The molecule has 168 valence electrons. The third-order valence-electron chi connectivity index (χ3n) is 4.62. The molecule has 0 saturated carbocycles. The molecule has 0 amide bonds. The Morgan fingerprint density at radius 3 is 2.80 bits per heavy atom. The molecule has 2 aliphatic rings. The van der Waals surface area contributed by atoms with E-state index in [-0.39, 0.29) is 24.7 Å². The first-order chi connectivity index (χ1) is 14.0. The molecule has 0 bridgehead atoms. The van der Waals surface area contributed by atoms with Crippen LogP contribution in [0.15, 0.2) is 15.8 Å². The van der Waals surface area contributed by atoms with Gasteiger partial charge in [0.15, 0.2) is 12.4 Å². The third kappa shape index (κ3) is 4.73. The van der Waals surface area contributed by atoms with E-state index in [0.717, 1.165) is 4.57 Å². The lowest BCUT2D eigenvalue weighted by molar-refractivity contribution is -0.146. The SMILES string of the molecule is Cc1cn([C@H]2O[C@H]3COP(=O)(N[C@@H](C)C(=O)OCC(C)C)O[C@@H]3[C@H]2F)c(=O)[nH]c1=O. The van der Waals surface area contributed by atoms with Crippen LogP contribution in [0.25, 0.3) is 0 Å². The minimum atomic E-state index is -4.04. The van der Waals surface area contributed by atoms with Crippen molar-refractivity contribution in [2.75, 3.05) is 13.2 Å². The van der Waals surface area contributed by atoms with E-state index in [0.29, 0.717) is 0 Å². The number of nitrogens with one attached hydrogen (secondary N) is 2. The van der Waals surface area contributed by atoms with E-state index in [1.165, 1.54) is 20.0 Å². The van der Waals surface area contributed by atoms with Crippen molar-refractivity contribution in [3.63, 3.8) is 0 Å². The number of carbonyl (C=O) groups excluding carboxylic acids is 1. The molecule has 0 aromatic carbocycles. The smallest absolute Gasteiger partial charge is 0.406 e. The number of ether oxygens (including phenoxy) is 2. The minimum Gasteiger partial charge on any atom is -0.464 e. The maximum Gasteiger partial charge on any atom is 0.406 e. The number of aromatic amines is 1. The van der Waals surface area contributed by atoms with Crippen LogP contribution in [-0.2, 0) is 27.9 Å². The number of halogens is 1. The van der Waals surface area contributed by atoms with Gasteiger partial charge in [0, 0.05) is 11.8 Å². The number of aromatic nitrogens is 2. The van der Waals surface area contributed by atoms with Crippen molar-refractivity contribution in [3.8, 4) is 0 Å². The van der Waals surface area contributed by atoms with Crippen LogP contribution in [0.1, 0.15) is 32.6 Å². The van der Waals surface area contributed by atoms with E-state index in [9.17, 15) is 18.9 Å². The van der Waals surface area contributed by atoms with Gasteiger partial charge >= 0.3 is 19.4 Å². The predicted octanol–water partition coefficient (Wildman–Crippen LogP) is 0.781. The van der Waals surface area contributed by atoms with Crippen LogP contribution in [0.4, 0.5) is 4.39 Å². The molecular weight excluding hydrogens is 424 g/mol. The Kier molecular flexibility index (Phi) is 6.63. The average Bonchev–Trinajstić information content (AvgIpc) is 2.98. The van der Waals surface area contributed by atoms with Crippen molar-refractivity contribution >= 4 is 13.7 Å². The molecule has 0 aliphatic carbocycles. The van der Waals surface area contributed by atoms with Crippen LogP contribution < -0.4 is 16.3 Å². The second-order valence-corrected chi connectivity index (χ2v) is 9.45. The molecule has 2 saturated heterocycles.